The molecule has 0 unspecified atom stereocenters. The van der Waals surface area contributed by atoms with E-state index in [4.69, 9.17) is 19.2 Å². The molecule has 0 fully saturated rings. The van der Waals surface area contributed by atoms with Crippen LogP contribution in [-0.4, -0.2) is 53.0 Å². The molecule has 95 valence electrons. The van der Waals surface area contributed by atoms with E-state index >= 15 is 0 Å². The van der Waals surface area contributed by atoms with Gasteiger partial charge < -0.3 is 53.0 Å². The number of phosphoric acid groups is 1. The van der Waals surface area contributed by atoms with Gasteiger partial charge in [-0.25, -0.2) is 4.57 Å². The Bertz CT molecular complexity index is 56.2. The van der Waals surface area contributed by atoms with Gasteiger partial charge in [-0.05, 0) is 0 Å². The SMILES string of the molecule is O.O.O.O.O.O.O.O=P(O)(O)O.[Mn]. The quantitative estimate of drug-likeness (QED) is 0.287. The molecular weight excluding hydrogens is 262 g/mol. The molecular formula is H17MnO11P. The first-order valence-electron chi connectivity index (χ1n) is 0.783. The zero-order chi connectivity index (χ0) is 4.50. The molecule has 13 heavy (non-hydrogen) atoms. The second kappa shape index (κ2) is 39.5. The van der Waals surface area contributed by atoms with E-state index in [9.17, 15) is 0 Å². The normalized spacial score (nSPS) is 4.54. The van der Waals surface area contributed by atoms with Crippen molar-refractivity contribution in [1.29, 1.82) is 0 Å². The van der Waals surface area contributed by atoms with Gasteiger partial charge in [0.25, 0.3) is 0 Å². The van der Waals surface area contributed by atoms with Crippen LogP contribution in [0.3, 0.4) is 0 Å². The van der Waals surface area contributed by atoms with Crippen molar-refractivity contribution in [3.05, 3.63) is 0 Å². The minimum atomic E-state index is -4.64. The maximum atomic E-state index is 8.88. The summed E-state index contributed by atoms with van der Waals surface area (Å²) in [6.45, 7) is 0. The minimum Gasteiger partial charge on any atom is -0.412 e. The van der Waals surface area contributed by atoms with E-state index < -0.39 is 7.82 Å². The standard InChI is InChI=1S/Mn.H3O4P.7H2O/c;1-5(2,3)4;;;;;;;/h;(H3,1,2,3,4);7*1H2. The summed E-state index contributed by atoms with van der Waals surface area (Å²) < 4.78 is 8.88. The molecule has 0 aliphatic rings. The van der Waals surface area contributed by atoms with Crippen LogP contribution < -0.4 is 0 Å². The van der Waals surface area contributed by atoms with Gasteiger partial charge in [-0.2, -0.15) is 0 Å². The predicted octanol–water partition coefficient (Wildman–Crippen LogP) is -6.70. The molecule has 0 amide bonds. The maximum Gasteiger partial charge on any atom is 0.466 e. The van der Waals surface area contributed by atoms with Crippen molar-refractivity contribution < 1.29 is 74.6 Å². The zero-order valence-electron chi connectivity index (χ0n) is 6.08. The molecule has 0 aromatic carbocycles. The average Bonchev–Trinajstić information content (AvgIpc) is 0.722. The van der Waals surface area contributed by atoms with Crippen molar-refractivity contribution in [2.45, 2.75) is 0 Å². The largest absolute Gasteiger partial charge is 0.466 e. The van der Waals surface area contributed by atoms with E-state index in [-0.39, 0.29) is 55.4 Å². The summed E-state index contributed by atoms with van der Waals surface area (Å²) in [5, 5.41) is 0. The minimum absolute atomic E-state index is 0. The molecule has 0 saturated carbocycles. The fourth-order valence-electron chi connectivity index (χ4n) is 0. The van der Waals surface area contributed by atoms with Gasteiger partial charge in [0, 0.05) is 17.1 Å². The monoisotopic (exact) mass is 279 g/mol. The van der Waals surface area contributed by atoms with Crippen molar-refractivity contribution in [3.8, 4) is 0 Å². The smallest absolute Gasteiger partial charge is 0.412 e. The molecule has 0 aromatic rings. The van der Waals surface area contributed by atoms with Crippen LogP contribution in [0.4, 0.5) is 0 Å². The molecule has 11 nitrogen and oxygen atoms in total. The van der Waals surface area contributed by atoms with E-state index in [0.29, 0.717) is 0 Å². The Morgan fingerprint density at radius 2 is 0.615 bits per heavy atom. The summed E-state index contributed by atoms with van der Waals surface area (Å²) >= 11 is 0. The Balaban J connectivity index is -0.00000000286. The van der Waals surface area contributed by atoms with Gasteiger partial charge in [-0.3, -0.25) is 0 Å². The first-order valence-corrected chi connectivity index (χ1v) is 2.35. The molecule has 0 aromatic heterocycles. The van der Waals surface area contributed by atoms with Gasteiger partial charge >= 0.3 is 7.82 Å². The van der Waals surface area contributed by atoms with Gasteiger partial charge in [0.15, 0.2) is 0 Å². The fourth-order valence-corrected chi connectivity index (χ4v) is 0. The number of hydrogen-bond acceptors (Lipinski definition) is 1. The predicted molar refractivity (Wildman–Crippen MR) is 39.6 cm³/mol. The second-order valence-electron chi connectivity index (χ2n) is 0.513. The van der Waals surface area contributed by atoms with Crippen LogP contribution in [0.2, 0.25) is 0 Å². The molecule has 1 radical (unpaired) electrons. The third kappa shape index (κ3) is 10800. The van der Waals surface area contributed by atoms with E-state index in [0.717, 1.165) is 0 Å². The molecule has 0 heterocycles. The Morgan fingerprint density at radius 1 is 0.615 bits per heavy atom. The zero-order valence-corrected chi connectivity index (χ0v) is 8.15. The van der Waals surface area contributed by atoms with E-state index in [1.54, 1.807) is 0 Å². The summed E-state index contributed by atoms with van der Waals surface area (Å²) in [5.74, 6) is 0. The van der Waals surface area contributed by atoms with Crippen LogP contribution in [0, 0.1) is 0 Å². The van der Waals surface area contributed by atoms with Gasteiger partial charge in [0.1, 0.15) is 0 Å². The van der Waals surface area contributed by atoms with Crippen molar-refractivity contribution in [2.75, 3.05) is 0 Å². The number of rotatable bonds is 0. The molecule has 0 atom stereocenters. The third-order valence-electron chi connectivity index (χ3n) is 0. The van der Waals surface area contributed by atoms with Crippen molar-refractivity contribution >= 4 is 7.82 Å². The molecule has 0 saturated heterocycles. The molecule has 0 rings (SSSR count). The first kappa shape index (κ1) is 108. The van der Waals surface area contributed by atoms with Crippen LogP contribution in [-0.2, 0) is 21.6 Å². The molecule has 17 N–H and O–H groups in total. The maximum absolute atomic E-state index is 8.88. The molecule has 0 aliphatic carbocycles. The molecule has 0 bridgehead atoms. The van der Waals surface area contributed by atoms with Crippen molar-refractivity contribution in [2.24, 2.45) is 0 Å². The Hall–Kier alpha value is 0.349. The topological polar surface area (TPSA) is 298 Å². The van der Waals surface area contributed by atoms with E-state index in [1.807, 2.05) is 0 Å². The molecule has 0 spiro atoms. The Kier molecular flexibility index (Phi) is 327. The summed E-state index contributed by atoms with van der Waals surface area (Å²) in [5.41, 5.74) is 0. The first-order chi connectivity index (χ1) is 2.00. The van der Waals surface area contributed by atoms with Crippen molar-refractivity contribution in [3.63, 3.8) is 0 Å². The Labute approximate surface area is 83.3 Å². The number of hydrogen-bond donors (Lipinski definition) is 3. The second-order valence-corrected chi connectivity index (χ2v) is 1.54. The van der Waals surface area contributed by atoms with E-state index in [1.165, 1.54) is 0 Å². The fraction of sp³-hybridized carbons (Fsp3) is 0. The van der Waals surface area contributed by atoms with Gasteiger partial charge in [0.05, 0.1) is 0 Å². The van der Waals surface area contributed by atoms with Gasteiger partial charge in [-0.15, -0.1) is 0 Å². The molecule has 13 heteroatoms. The van der Waals surface area contributed by atoms with Crippen LogP contribution in [0.1, 0.15) is 0 Å². The summed E-state index contributed by atoms with van der Waals surface area (Å²) in [7, 11) is -4.64. The van der Waals surface area contributed by atoms with Crippen LogP contribution in [0.15, 0.2) is 0 Å². The van der Waals surface area contributed by atoms with Crippen LogP contribution in [0.5, 0.6) is 0 Å². The van der Waals surface area contributed by atoms with Gasteiger partial charge in [0.2, 0.25) is 0 Å². The van der Waals surface area contributed by atoms with Crippen LogP contribution in [0.25, 0.3) is 0 Å². The Morgan fingerprint density at radius 3 is 0.615 bits per heavy atom. The average molecular weight is 279 g/mol. The van der Waals surface area contributed by atoms with E-state index in [2.05, 4.69) is 0 Å². The summed E-state index contributed by atoms with van der Waals surface area (Å²) in [6.07, 6.45) is 0. The third-order valence-corrected chi connectivity index (χ3v) is 0. The van der Waals surface area contributed by atoms with Crippen LogP contribution >= 0.6 is 7.82 Å². The molecule has 0 aliphatic heterocycles. The van der Waals surface area contributed by atoms with Gasteiger partial charge in [-0.1, -0.05) is 0 Å². The summed E-state index contributed by atoms with van der Waals surface area (Å²) in [6, 6.07) is 0. The van der Waals surface area contributed by atoms with Crippen molar-refractivity contribution in [1.82, 2.24) is 0 Å². The summed E-state index contributed by atoms with van der Waals surface area (Å²) in [4.78, 5) is 21.6.